The quantitative estimate of drug-likeness (QED) is 0.0262. The Morgan fingerprint density at radius 2 is 0.591 bits per heavy atom. The molecule has 0 aromatic carbocycles. The van der Waals surface area contributed by atoms with Gasteiger partial charge in [0.1, 0.15) is 13.2 Å². The van der Waals surface area contributed by atoms with Crippen LogP contribution in [0.1, 0.15) is 258 Å². The van der Waals surface area contributed by atoms with Crippen LogP contribution in [-0.2, 0) is 28.6 Å². The number of hydrogen-bond acceptors (Lipinski definition) is 6. The Labute approximate surface area is 407 Å². The number of ether oxygens (including phenoxy) is 3. The van der Waals surface area contributed by atoms with E-state index in [9.17, 15) is 14.4 Å². The molecule has 0 aliphatic rings. The number of allylic oxidation sites excluding steroid dienone is 14. The smallest absolute Gasteiger partial charge is 0.306 e. The molecule has 0 fully saturated rings. The van der Waals surface area contributed by atoms with Crippen molar-refractivity contribution in [3.63, 3.8) is 0 Å². The fourth-order valence-electron chi connectivity index (χ4n) is 7.50. The Balaban J connectivity index is 4.28. The average molecular weight is 919 g/mol. The molecule has 0 rings (SSSR count). The fraction of sp³-hybridized carbons (Fsp3) is 0.717. The van der Waals surface area contributed by atoms with Gasteiger partial charge >= 0.3 is 17.9 Å². The first kappa shape index (κ1) is 62.6. The van der Waals surface area contributed by atoms with E-state index < -0.39 is 6.10 Å². The lowest BCUT2D eigenvalue weighted by Gasteiger charge is -2.18. The number of esters is 3. The van der Waals surface area contributed by atoms with Gasteiger partial charge in [-0.05, 0) is 96.3 Å². The van der Waals surface area contributed by atoms with Crippen LogP contribution in [0.5, 0.6) is 0 Å². The lowest BCUT2D eigenvalue weighted by Crippen LogP contribution is -2.30. The summed E-state index contributed by atoms with van der Waals surface area (Å²) < 4.78 is 16.8. The van der Waals surface area contributed by atoms with Crippen LogP contribution in [-0.4, -0.2) is 37.2 Å². The molecule has 0 aromatic rings. The first-order valence-corrected chi connectivity index (χ1v) is 27.6. The molecular weight excluding hydrogens is 817 g/mol. The molecule has 66 heavy (non-hydrogen) atoms. The summed E-state index contributed by atoms with van der Waals surface area (Å²) in [7, 11) is 0. The molecule has 378 valence electrons. The minimum absolute atomic E-state index is 0.0835. The maximum absolute atomic E-state index is 12.8. The Bertz CT molecular complexity index is 1290. The fourth-order valence-corrected chi connectivity index (χ4v) is 7.50. The molecule has 0 aliphatic carbocycles. The van der Waals surface area contributed by atoms with Gasteiger partial charge in [0, 0.05) is 19.3 Å². The normalized spacial score (nSPS) is 12.7. The second kappa shape index (κ2) is 54.2. The summed E-state index contributed by atoms with van der Waals surface area (Å²) in [5, 5.41) is 0. The van der Waals surface area contributed by atoms with Crippen LogP contribution in [0.15, 0.2) is 85.1 Å². The van der Waals surface area contributed by atoms with Gasteiger partial charge in [-0.2, -0.15) is 0 Å². The van der Waals surface area contributed by atoms with Crippen molar-refractivity contribution in [2.45, 2.75) is 264 Å². The summed E-state index contributed by atoms with van der Waals surface area (Å²) in [5.41, 5.74) is 0. The lowest BCUT2D eigenvalue weighted by atomic mass is 10.1. The molecule has 1 atom stereocenters. The summed E-state index contributed by atoms with van der Waals surface area (Å²) in [6, 6.07) is 0. The Morgan fingerprint density at radius 1 is 0.318 bits per heavy atom. The molecule has 0 N–H and O–H groups in total. The van der Waals surface area contributed by atoms with Crippen molar-refractivity contribution in [1.82, 2.24) is 0 Å². The Morgan fingerprint density at radius 3 is 0.939 bits per heavy atom. The van der Waals surface area contributed by atoms with Gasteiger partial charge in [-0.1, -0.05) is 228 Å². The van der Waals surface area contributed by atoms with Crippen LogP contribution in [0.25, 0.3) is 0 Å². The molecule has 0 aliphatic heterocycles. The van der Waals surface area contributed by atoms with E-state index in [0.29, 0.717) is 19.3 Å². The molecule has 1 unspecified atom stereocenters. The van der Waals surface area contributed by atoms with Crippen molar-refractivity contribution in [3.8, 4) is 0 Å². The van der Waals surface area contributed by atoms with E-state index in [0.717, 1.165) is 122 Å². The van der Waals surface area contributed by atoms with Crippen LogP contribution >= 0.6 is 0 Å². The van der Waals surface area contributed by atoms with E-state index in [4.69, 9.17) is 14.2 Å². The minimum atomic E-state index is -0.784. The predicted octanol–water partition coefficient (Wildman–Crippen LogP) is 18.4. The minimum Gasteiger partial charge on any atom is -0.462 e. The monoisotopic (exact) mass is 919 g/mol. The highest BCUT2D eigenvalue weighted by molar-refractivity contribution is 5.71. The van der Waals surface area contributed by atoms with Gasteiger partial charge in [0.2, 0.25) is 0 Å². The van der Waals surface area contributed by atoms with Crippen LogP contribution in [0, 0.1) is 0 Å². The van der Waals surface area contributed by atoms with Crippen molar-refractivity contribution in [2.75, 3.05) is 13.2 Å². The third-order valence-electron chi connectivity index (χ3n) is 11.6. The molecular formula is C60H102O6. The molecule has 0 heterocycles. The molecule has 0 radical (unpaired) electrons. The van der Waals surface area contributed by atoms with Crippen molar-refractivity contribution in [2.24, 2.45) is 0 Å². The Hall–Kier alpha value is -3.41. The molecule has 0 saturated heterocycles. The highest BCUT2D eigenvalue weighted by Crippen LogP contribution is 2.14. The summed E-state index contributed by atoms with van der Waals surface area (Å²) in [4.78, 5) is 37.9. The topological polar surface area (TPSA) is 78.9 Å². The van der Waals surface area contributed by atoms with Gasteiger partial charge in [0.25, 0.3) is 0 Å². The van der Waals surface area contributed by atoms with E-state index in [1.54, 1.807) is 0 Å². The van der Waals surface area contributed by atoms with Gasteiger partial charge < -0.3 is 14.2 Å². The molecule has 0 saturated carbocycles. The highest BCUT2D eigenvalue weighted by atomic mass is 16.6. The molecule has 0 amide bonds. The van der Waals surface area contributed by atoms with Gasteiger partial charge in [0.15, 0.2) is 6.10 Å². The molecule has 0 bridgehead atoms. The lowest BCUT2D eigenvalue weighted by molar-refractivity contribution is -0.167. The maximum atomic E-state index is 12.8. The maximum Gasteiger partial charge on any atom is 0.306 e. The zero-order chi connectivity index (χ0) is 47.9. The van der Waals surface area contributed by atoms with Crippen molar-refractivity contribution in [3.05, 3.63) is 85.1 Å². The van der Waals surface area contributed by atoms with E-state index in [-0.39, 0.29) is 31.1 Å². The number of carbonyl (C=O) groups excluding carboxylic acids is 3. The number of rotatable bonds is 49. The van der Waals surface area contributed by atoms with Gasteiger partial charge in [-0.25, -0.2) is 0 Å². The van der Waals surface area contributed by atoms with E-state index in [2.05, 4.69) is 106 Å². The largest absolute Gasteiger partial charge is 0.462 e. The highest BCUT2D eigenvalue weighted by Gasteiger charge is 2.19. The molecule has 6 nitrogen and oxygen atoms in total. The first-order chi connectivity index (χ1) is 32.5. The zero-order valence-electron chi connectivity index (χ0n) is 43.2. The second-order valence-electron chi connectivity index (χ2n) is 18.1. The summed E-state index contributed by atoms with van der Waals surface area (Å²) in [5.74, 6) is -0.909. The average Bonchev–Trinajstić information content (AvgIpc) is 3.31. The van der Waals surface area contributed by atoms with Gasteiger partial charge in [-0.3, -0.25) is 14.4 Å². The third kappa shape index (κ3) is 51.6. The number of carbonyl (C=O) groups is 3. The Kier molecular flexibility index (Phi) is 51.4. The third-order valence-corrected chi connectivity index (χ3v) is 11.6. The van der Waals surface area contributed by atoms with Crippen molar-refractivity contribution < 1.29 is 28.6 Å². The predicted molar refractivity (Wildman–Crippen MR) is 284 cm³/mol. The molecule has 0 spiro atoms. The second-order valence-corrected chi connectivity index (χ2v) is 18.1. The number of hydrogen-bond donors (Lipinski definition) is 0. The number of unbranched alkanes of at least 4 members (excludes halogenated alkanes) is 24. The van der Waals surface area contributed by atoms with E-state index in [1.807, 2.05) is 0 Å². The van der Waals surface area contributed by atoms with Crippen molar-refractivity contribution in [1.29, 1.82) is 0 Å². The van der Waals surface area contributed by atoms with E-state index in [1.165, 1.54) is 96.3 Å². The van der Waals surface area contributed by atoms with Crippen LogP contribution in [0.3, 0.4) is 0 Å². The van der Waals surface area contributed by atoms with Gasteiger partial charge in [-0.15, -0.1) is 0 Å². The van der Waals surface area contributed by atoms with Crippen LogP contribution in [0.2, 0.25) is 0 Å². The van der Waals surface area contributed by atoms with Gasteiger partial charge in [0.05, 0.1) is 0 Å². The van der Waals surface area contributed by atoms with Crippen LogP contribution < -0.4 is 0 Å². The van der Waals surface area contributed by atoms with E-state index >= 15 is 0 Å². The zero-order valence-corrected chi connectivity index (χ0v) is 43.2. The standard InChI is InChI=1S/C60H102O6/c1-4-7-10-13-16-19-21-23-25-26-27-28-29-30-31-32-33-34-36-37-39-41-44-47-50-53-59(62)65-56-57(55-64-58(61)52-49-46-43-18-15-12-9-6-3)66-60(63)54-51-48-45-42-40-38-35-24-22-20-17-14-11-8-5-2/h7,10,16,19,23-25,27-28,30-31,33-35,57H,4-6,8-9,11-15,17-18,20-22,26,29,32,36-56H2,1-3H3/b10-7-,19-16-,25-23-,28-27-,31-30-,34-33-,35-24-. The summed E-state index contributed by atoms with van der Waals surface area (Å²) in [6.45, 7) is 6.47. The van der Waals surface area contributed by atoms with Crippen molar-refractivity contribution >= 4 is 17.9 Å². The summed E-state index contributed by atoms with van der Waals surface area (Å²) in [6.07, 6.45) is 70.1. The molecule has 6 heteroatoms. The molecule has 0 aromatic heterocycles. The summed E-state index contributed by atoms with van der Waals surface area (Å²) >= 11 is 0. The first-order valence-electron chi connectivity index (χ1n) is 27.6. The SMILES string of the molecule is CC/C=C\C/C=C\C/C=C\C/C=C\C/C=C\C/C=C\CCCCCCCCC(=O)OCC(COC(=O)CCCCCCCCCC)OC(=O)CCCCCCC/C=C\CCCCCCCC. The van der Waals surface area contributed by atoms with Crippen LogP contribution in [0.4, 0.5) is 0 Å².